The van der Waals surface area contributed by atoms with Crippen molar-refractivity contribution < 1.29 is 33.0 Å². The second-order valence-electron chi connectivity index (χ2n) is 14.4. The van der Waals surface area contributed by atoms with Crippen LogP contribution in [0.4, 0.5) is 14.5 Å². The van der Waals surface area contributed by atoms with Crippen LogP contribution < -0.4 is 9.64 Å². The molecule has 3 heterocycles. The Morgan fingerprint density at radius 2 is 1.68 bits per heavy atom. The smallest absolute Gasteiger partial charge is 0.265 e. The van der Waals surface area contributed by atoms with Crippen molar-refractivity contribution in [3.05, 3.63) is 135 Å². The molecular formula is C44H45ClF2N4O5. The lowest BCUT2D eigenvalue weighted by Gasteiger charge is -2.40. The molecule has 2 aliphatic heterocycles. The van der Waals surface area contributed by atoms with Crippen LogP contribution in [-0.4, -0.2) is 77.3 Å². The molecule has 5 aromatic rings. The molecule has 2 amide bonds. The molecule has 1 saturated heterocycles. The van der Waals surface area contributed by atoms with E-state index in [1.54, 1.807) is 48.7 Å². The van der Waals surface area contributed by atoms with Gasteiger partial charge < -0.3 is 28.9 Å². The average Bonchev–Trinajstić information content (AvgIpc) is 3.50. The number of benzene rings is 4. The van der Waals surface area contributed by atoms with Crippen LogP contribution in [0.3, 0.4) is 0 Å². The Hall–Kier alpha value is -5.23. The number of morpholine rings is 1. The summed E-state index contributed by atoms with van der Waals surface area (Å²) in [5.41, 5.74) is 5.78. The number of methoxy groups -OCH3 is 1. The van der Waals surface area contributed by atoms with Crippen molar-refractivity contribution in [2.24, 2.45) is 7.05 Å². The number of halogens is 3. The number of aromatic hydroxyl groups is 1. The maximum atomic E-state index is 15.0. The van der Waals surface area contributed by atoms with E-state index in [1.165, 1.54) is 29.8 Å². The van der Waals surface area contributed by atoms with E-state index in [4.69, 9.17) is 21.1 Å². The number of amides is 2. The number of phenols is 1. The van der Waals surface area contributed by atoms with Crippen molar-refractivity contribution in [1.82, 2.24) is 14.4 Å². The van der Waals surface area contributed by atoms with E-state index in [0.717, 1.165) is 29.8 Å². The number of aromatic nitrogens is 1. The van der Waals surface area contributed by atoms with Crippen LogP contribution in [0.5, 0.6) is 11.5 Å². The normalized spacial score (nSPS) is 15.9. The quantitative estimate of drug-likeness (QED) is 0.153. The van der Waals surface area contributed by atoms with Gasteiger partial charge in [0, 0.05) is 67.5 Å². The summed E-state index contributed by atoms with van der Waals surface area (Å²) in [5, 5.41) is 9.87. The second-order valence-corrected chi connectivity index (χ2v) is 14.8. The number of rotatable bonds is 10. The molecule has 9 nitrogen and oxygen atoms in total. The summed E-state index contributed by atoms with van der Waals surface area (Å²) in [6, 6.07) is 24.2. The van der Waals surface area contributed by atoms with Crippen LogP contribution in [0.1, 0.15) is 60.7 Å². The summed E-state index contributed by atoms with van der Waals surface area (Å²) < 4.78 is 42.0. The third kappa shape index (κ3) is 7.76. The van der Waals surface area contributed by atoms with Gasteiger partial charge in [-0.3, -0.25) is 14.5 Å². The van der Waals surface area contributed by atoms with Crippen molar-refractivity contribution in [2.45, 2.75) is 45.8 Å². The highest BCUT2D eigenvalue weighted by molar-refractivity contribution is 6.32. The van der Waals surface area contributed by atoms with E-state index < -0.39 is 12.0 Å². The Morgan fingerprint density at radius 1 is 0.964 bits per heavy atom. The Morgan fingerprint density at radius 3 is 2.38 bits per heavy atom. The number of hydrogen-bond donors (Lipinski definition) is 1. The molecule has 0 aliphatic carbocycles. The summed E-state index contributed by atoms with van der Waals surface area (Å²) in [6.45, 7) is 7.59. The number of alkyl halides is 2. The van der Waals surface area contributed by atoms with Gasteiger partial charge in [0.15, 0.2) is 0 Å². The molecule has 1 aromatic heterocycles. The third-order valence-electron chi connectivity index (χ3n) is 11.2. The van der Waals surface area contributed by atoms with Crippen molar-refractivity contribution in [2.75, 3.05) is 44.9 Å². The molecular weight excluding hydrogens is 738 g/mol. The summed E-state index contributed by atoms with van der Waals surface area (Å²) >= 11 is 6.53. The first-order valence-corrected chi connectivity index (χ1v) is 19.0. The Labute approximate surface area is 330 Å². The van der Waals surface area contributed by atoms with Crippen LogP contribution in [-0.2, 0) is 31.3 Å². The van der Waals surface area contributed by atoms with E-state index >= 15 is 0 Å². The van der Waals surface area contributed by atoms with E-state index in [-0.39, 0.29) is 46.3 Å². The number of fused-ring (bicyclic) bond motifs is 1. The highest BCUT2D eigenvalue weighted by Gasteiger charge is 2.35. The van der Waals surface area contributed by atoms with E-state index in [9.17, 15) is 23.5 Å². The number of hydrogen-bond acceptors (Lipinski definition) is 6. The summed E-state index contributed by atoms with van der Waals surface area (Å²) in [4.78, 5) is 35.4. The molecule has 1 fully saturated rings. The molecule has 292 valence electrons. The van der Waals surface area contributed by atoms with Gasteiger partial charge in [-0.2, -0.15) is 0 Å². The minimum Gasteiger partial charge on any atom is -0.508 e. The highest BCUT2D eigenvalue weighted by atomic mass is 35.5. The topological polar surface area (TPSA) is 87.5 Å². The maximum Gasteiger partial charge on any atom is 0.265 e. The van der Waals surface area contributed by atoms with Crippen molar-refractivity contribution in [1.29, 1.82) is 0 Å². The fraction of sp³-hybridized carbons (Fsp3) is 0.318. The first-order chi connectivity index (χ1) is 26.9. The highest BCUT2D eigenvalue weighted by Crippen LogP contribution is 2.39. The number of ether oxygens (including phenoxy) is 2. The van der Waals surface area contributed by atoms with E-state index in [0.29, 0.717) is 61.1 Å². The molecule has 0 spiro atoms. The molecule has 2 aliphatic rings. The van der Waals surface area contributed by atoms with Crippen LogP contribution in [0.25, 0.3) is 11.3 Å². The fourth-order valence-electron chi connectivity index (χ4n) is 7.83. The Kier molecular flexibility index (Phi) is 11.5. The number of phenolic OH excluding ortho intramolecular Hbond substituents is 1. The van der Waals surface area contributed by atoms with Crippen LogP contribution >= 0.6 is 11.6 Å². The number of carbonyl (C=O) groups is 2. The van der Waals surface area contributed by atoms with Gasteiger partial charge in [-0.1, -0.05) is 48.0 Å². The second kappa shape index (κ2) is 16.5. The minimum absolute atomic E-state index is 0.0519. The average molecular weight is 783 g/mol. The molecule has 0 saturated carbocycles. The predicted octanol–water partition coefficient (Wildman–Crippen LogP) is 8.36. The number of carbonyl (C=O) groups excluding carboxylic acids is 2. The zero-order chi connectivity index (χ0) is 39.7. The van der Waals surface area contributed by atoms with Gasteiger partial charge in [-0.25, -0.2) is 8.78 Å². The van der Waals surface area contributed by atoms with Crippen molar-refractivity contribution in [3.63, 3.8) is 0 Å². The van der Waals surface area contributed by atoms with Gasteiger partial charge in [0.25, 0.3) is 18.2 Å². The first-order valence-electron chi connectivity index (χ1n) is 18.6. The van der Waals surface area contributed by atoms with Gasteiger partial charge >= 0.3 is 0 Å². The fourth-order valence-corrected chi connectivity index (χ4v) is 8.07. The minimum atomic E-state index is -2.90. The summed E-state index contributed by atoms with van der Waals surface area (Å²) in [6.07, 6.45) is -2.26. The van der Waals surface area contributed by atoms with Crippen molar-refractivity contribution >= 4 is 29.1 Å². The lowest BCUT2D eigenvalue weighted by Crippen LogP contribution is -2.52. The molecule has 7 rings (SSSR count). The molecule has 1 N–H and O–H groups in total. The van der Waals surface area contributed by atoms with Gasteiger partial charge in [0.2, 0.25) is 0 Å². The molecule has 12 heteroatoms. The molecule has 0 unspecified atom stereocenters. The zero-order valence-corrected chi connectivity index (χ0v) is 32.7. The lowest BCUT2D eigenvalue weighted by molar-refractivity contribution is 0.0193. The van der Waals surface area contributed by atoms with Gasteiger partial charge in [-0.15, -0.1) is 0 Å². The largest absolute Gasteiger partial charge is 0.508 e. The monoisotopic (exact) mass is 782 g/mol. The SMILES string of the molecule is COc1cccc(CN(C(=O)c2cc(-c3cc(C(F)F)c(Cl)cc3C(=O)N3Cc4ccccc4C[C@H]3CN3CCOCC3)n(C)c2C)c2ccc(O)cc2)c1C. The van der Waals surface area contributed by atoms with Gasteiger partial charge in [0.1, 0.15) is 11.5 Å². The van der Waals surface area contributed by atoms with Crippen molar-refractivity contribution in [3.8, 4) is 22.8 Å². The number of nitrogens with zero attached hydrogens (tertiary/aromatic N) is 4. The maximum absolute atomic E-state index is 15.0. The third-order valence-corrected chi connectivity index (χ3v) is 11.5. The lowest BCUT2D eigenvalue weighted by atomic mass is 9.91. The van der Waals surface area contributed by atoms with E-state index in [1.807, 2.05) is 48.2 Å². The van der Waals surface area contributed by atoms with E-state index in [2.05, 4.69) is 11.0 Å². The first kappa shape index (κ1) is 39.0. The summed E-state index contributed by atoms with van der Waals surface area (Å²) in [5.74, 6) is 0.0433. The summed E-state index contributed by atoms with van der Waals surface area (Å²) in [7, 11) is 3.34. The molecule has 0 radical (unpaired) electrons. The molecule has 4 aromatic carbocycles. The zero-order valence-electron chi connectivity index (χ0n) is 31.9. The Balaban J connectivity index is 1.31. The molecule has 0 bridgehead atoms. The van der Waals surface area contributed by atoms with Gasteiger partial charge in [0.05, 0.1) is 43.0 Å². The standard InChI is InChI=1S/C44H45ClF2N4O5/c1-27-30(10-7-11-41(27)55-4)24-50(32-12-14-34(52)15-13-32)43(53)35-23-40(48(3)28(35)2)36-21-38(42(46)47)39(45)22-37(36)44(54)51-25-31-9-6-5-8-29(31)20-33(51)26-49-16-18-56-19-17-49/h5-15,21-23,33,42,52H,16-20,24-26H2,1-4H3/t33-/m0/s1. The van der Waals surface area contributed by atoms with Crippen LogP contribution in [0.15, 0.2) is 84.9 Å². The Bertz CT molecular complexity index is 2250. The van der Waals surface area contributed by atoms with Gasteiger partial charge in [-0.05, 0) is 91.1 Å². The molecule has 1 atom stereocenters. The van der Waals surface area contributed by atoms with Crippen LogP contribution in [0.2, 0.25) is 5.02 Å². The molecule has 56 heavy (non-hydrogen) atoms. The van der Waals surface area contributed by atoms with Crippen LogP contribution in [0, 0.1) is 13.8 Å². The number of anilines is 1. The predicted molar refractivity (Wildman–Crippen MR) is 213 cm³/mol.